The monoisotopic (exact) mass is 726 g/mol. The number of nitrogens with one attached hydrogen (secondary N) is 4. The van der Waals surface area contributed by atoms with Gasteiger partial charge in [0.25, 0.3) is 0 Å². The normalized spacial score (nSPS) is 12.7. The number of aromatic hydroxyl groups is 2. The first kappa shape index (κ1) is 43.7. The lowest BCUT2D eigenvalue weighted by Crippen LogP contribution is -2.49. The molecule has 12 heteroatoms. The van der Waals surface area contributed by atoms with E-state index in [1.54, 1.807) is 65.8 Å². The maximum Gasteiger partial charge on any atom is 0.408 e. The van der Waals surface area contributed by atoms with E-state index in [1.165, 1.54) is 0 Å². The van der Waals surface area contributed by atoms with Crippen LogP contribution in [0.4, 0.5) is 9.59 Å². The van der Waals surface area contributed by atoms with Crippen LogP contribution in [-0.4, -0.2) is 70.6 Å². The maximum absolute atomic E-state index is 13.2. The molecule has 6 N–H and O–H groups in total. The largest absolute Gasteiger partial charge is 0.508 e. The molecule has 2 rings (SSSR count). The zero-order valence-corrected chi connectivity index (χ0v) is 32.9. The van der Waals surface area contributed by atoms with Crippen LogP contribution < -0.4 is 21.3 Å². The summed E-state index contributed by atoms with van der Waals surface area (Å²) in [5.41, 5.74) is 3.65. The Bertz CT molecular complexity index is 1370. The number of rotatable bonds is 17. The van der Waals surface area contributed by atoms with E-state index in [0.29, 0.717) is 13.1 Å². The van der Waals surface area contributed by atoms with Crippen LogP contribution in [0.1, 0.15) is 113 Å². The molecule has 0 saturated heterocycles. The van der Waals surface area contributed by atoms with Crippen molar-refractivity contribution in [3.05, 3.63) is 57.6 Å². The minimum atomic E-state index is -0.847. The van der Waals surface area contributed by atoms with Gasteiger partial charge in [-0.25, -0.2) is 9.59 Å². The molecule has 2 atom stereocenters. The fourth-order valence-electron chi connectivity index (χ4n) is 5.94. The van der Waals surface area contributed by atoms with Gasteiger partial charge in [-0.15, -0.1) is 0 Å². The maximum atomic E-state index is 13.2. The van der Waals surface area contributed by atoms with Crippen LogP contribution in [0.5, 0.6) is 11.5 Å². The highest BCUT2D eigenvalue weighted by atomic mass is 16.6. The van der Waals surface area contributed by atoms with Crippen molar-refractivity contribution >= 4 is 24.0 Å². The number of amides is 4. The number of carbonyl (C=O) groups is 4. The van der Waals surface area contributed by atoms with Crippen LogP contribution in [0.3, 0.4) is 0 Å². The molecule has 0 fully saturated rings. The topological polar surface area (TPSA) is 175 Å². The van der Waals surface area contributed by atoms with Crippen molar-refractivity contribution in [3.63, 3.8) is 0 Å². The van der Waals surface area contributed by atoms with Crippen molar-refractivity contribution in [1.29, 1.82) is 0 Å². The molecule has 12 nitrogen and oxygen atoms in total. The highest BCUT2D eigenvalue weighted by Crippen LogP contribution is 2.24. The molecule has 4 amide bonds. The van der Waals surface area contributed by atoms with Crippen LogP contribution in [0.25, 0.3) is 0 Å². The fourth-order valence-corrected chi connectivity index (χ4v) is 5.94. The van der Waals surface area contributed by atoms with E-state index >= 15 is 0 Å². The second-order valence-corrected chi connectivity index (χ2v) is 15.6. The van der Waals surface area contributed by atoms with E-state index in [1.807, 2.05) is 27.7 Å². The molecule has 52 heavy (non-hydrogen) atoms. The minimum Gasteiger partial charge on any atom is -0.508 e. The lowest BCUT2D eigenvalue weighted by Gasteiger charge is -2.24. The van der Waals surface area contributed by atoms with Gasteiger partial charge in [0.15, 0.2) is 0 Å². The first-order valence-electron chi connectivity index (χ1n) is 18.3. The van der Waals surface area contributed by atoms with Gasteiger partial charge < -0.3 is 41.0 Å². The third-order valence-electron chi connectivity index (χ3n) is 8.40. The number of benzene rings is 2. The molecule has 0 heterocycles. The van der Waals surface area contributed by atoms with E-state index in [0.717, 1.165) is 71.9 Å². The molecular weight excluding hydrogens is 664 g/mol. The molecule has 0 saturated carbocycles. The van der Waals surface area contributed by atoms with Crippen molar-refractivity contribution in [2.45, 2.75) is 144 Å². The van der Waals surface area contributed by atoms with Gasteiger partial charge in [-0.3, -0.25) is 9.59 Å². The highest BCUT2D eigenvalue weighted by molar-refractivity contribution is 5.86. The van der Waals surface area contributed by atoms with E-state index in [4.69, 9.17) is 9.47 Å². The summed E-state index contributed by atoms with van der Waals surface area (Å²) in [7, 11) is 0. The lowest BCUT2D eigenvalue weighted by molar-refractivity contribution is -0.123. The Hall–Kier alpha value is -4.48. The second kappa shape index (κ2) is 19.9. The van der Waals surface area contributed by atoms with Crippen LogP contribution in [0, 0.1) is 27.7 Å². The average Bonchev–Trinajstić information content (AvgIpc) is 2.98. The van der Waals surface area contributed by atoms with E-state index in [9.17, 15) is 29.4 Å². The van der Waals surface area contributed by atoms with Crippen molar-refractivity contribution in [2.24, 2.45) is 0 Å². The summed E-state index contributed by atoms with van der Waals surface area (Å²) in [5.74, 6) is -0.303. The fraction of sp³-hybridized carbons (Fsp3) is 0.600. The number of phenolic OH excluding ortho intramolecular Hbond substituents is 2. The molecule has 0 aromatic heterocycles. The first-order chi connectivity index (χ1) is 24.1. The number of carbonyl (C=O) groups excluding carboxylic acids is 4. The zero-order chi connectivity index (χ0) is 39.2. The predicted octanol–water partition coefficient (Wildman–Crippen LogP) is 6.48. The molecule has 2 aromatic rings. The van der Waals surface area contributed by atoms with Gasteiger partial charge in [-0.2, -0.15) is 0 Å². The molecule has 0 aliphatic rings. The number of unbranched alkanes of at least 4 members (excludes halogenated alkanes) is 5. The van der Waals surface area contributed by atoms with Gasteiger partial charge in [-0.05, 0) is 140 Å². The standard InChI is InChI=1S/C40H62N4O8/c1-25-19-29(45)20-26(2)31(25)23-33(43-37(49)51-39(5,6)7)35(47)41-17-15-13-11-12-14-16-18-42-36(48)34(44-38(50)52-40(8,9)10)24-32-27(3)21-30(46)22-28(32)4/h19-22,33-34,45-46H,11-18,23-24H2,1-10H3,(H,41,47)(H,42,48)(H,43,49)(H,44,50)/t33-,34-/m0/s1. The SMILES string of the molecule is Cc1cc(O)cc(C)c1C[C@H](NC(=O)OC(C)(C)C)C(=O)NCCCCCCCCNC(=O)[C@H](Cc1c(C)cc(O)cc1C)NC(=O)OC(C)(C)C. The summed E-state index contributed by atoms with van der Waals surface area (Å²) in [6.45, 7) is 18.9. The van der Waals surface area contributed by atoms with E-state index in [-0.39, 0.29) is 36.2 Å². The van der Waals surface area contributed by atoms with Gasteiger partial charge in [0.2, 0.25) is 11.8 Å². The van der Waals surface area contributed by atoms with Crippen molar-refractivity contribution in [2.75, 3.05) is 13.1 Å². The number of ether oxygens (including phenoxy) is 2. The molecular formula is C40H62N4O8. The summed E-state index contributed by atoms with van der Waals surface area (Å²) in [4.78, 5) is 51.6. The molecule has 0 radical (unpaired) electrons. The number of hydrogen-bond donors (Lipinski definition) is 6. The summed E-state index contributed by atoms with van der Waals surface area (Å²) in [5, 5.41) is 31.2. The molecule has 0 unspecified atom stereocenters. The van der Waals surface area contributed by atoms with Crippen LogP contribution in [-0.2, 0) is 31.9 Å². The van der Waals surface area contributed by atoms with Crippen LogP contribution in [0.15, 0.2) is 24.3 Å². The Morgan fingerprint density at radius 2 is 0.846 bits per heavy atom. The second-order valence-electron chi connectivity index (χ2n) is 15.6. The Kier molecular flexibility index (Phi) is 16.8. The van der Waals surface area contributed by atoms with Gasteiger partial charge in [0.05, 0.1) is 0 Å². The molecule has 0 aliphatic carbocycles. The minimum absolute atomic E-state index is 0.151. The smallest absolute Gasteiger partial charge is 0.408 e. The number of alkyl carbamates (subject to hydrolysis) is 2. The third kappa shape index (κ3) is 16.2. The first-order valence-corrected chi connectivity index (χ1v) is 18.3. The predicted molar refractivity (Wildman–Crippen MR) is 203 cm³/mol. The van der Waals surface area contributed by atoms with Crippen molar-refractivity contribution in [1.82, 2.24) is 21.3 Å². The Balaban J connectivity index is 1.81. The zero-order valence-electron chi connectivity index (χ0n) is 32.9. The lowest BCUT2D eigenvalue weighted by atomic mass is 9.95. The Morgan fingerprint density at radius 1 is 0.558 bits per heavy atom. The van der Waals surface area contributed by atoms with Crippen molar-refractivity contribution in [3.8, 4) is 11.5 Å². The van der Waals surface area contributed by atoms with E-state index < -0.39 is 35.5 Å². The summed E-state index contributed by atoms with van der Waals surface area (Å²) in [6.07, 6.45) is 4.43. The highest BCUT2D eigenvalue weighted by Gasteiger charge is 2.27. The van der Waals surface area contributed by atoms with Crippen LogP contribution >= 0.6 is 0 Å². The van der Waals surface area contributed by atoms with Gasteiger partial charge in [0, 0.05) is 25.9 Å². The molecule has 0 aliphatic heterocycles. The summed E-state index contributed by atoms with van der Waals surface area (Å²) in [6, 6.07) is 4.86. The average molecular weight is 727 g/mol. The van der Waals surface area contributed by atoms with Crippen molar-refractivity contribution < 1.29 is 38.9 Å². The summed E-state index contributed by atoms with van der Waals surface area (Å²) < 4.78 is 10.8. The summed E-state index contributed by atoms with van der Waals surface area (Å²) >= 11 is 0. The Labute approximate surface area is 309 Å². The quantitative estimate of drug-likeness (QED) is 0.101. The molecule has 290 valence electrons. The number of aryl methyl sites for hydroxylation is 4. The third-order valence-corrected chi connectivity index (χ3v) is 8.40. The van der Waals surface area contributed by atoms with E-state index in [2.05, 4.69) is 21.3 Å². The Morgan fingerprint density at radius 3 is 1.13 bits per heavy atom. The molecule has 0 spiro atoms. The van der Waals surface area contributed by atoms with Gasteiger partial charge in [0.1, 0.15) is 34.8 Å². The number of phenols is 2. The molecule has 0 bridgehead atoms. The van der Waals surface area contributed by atoms with Crippen LogP contribution in [0.2, 0.25) is 0 Å². The van der Waals surface area contributed by atoms with Gasteiger partial charge in [-0.1, -0.05) is 25.7 Å². The molecule has 2 aromatic carbocycles. The van der Waals surface area contributed by atoms with Gasteiger partial charge >= 0.3 is 12.2 Å². The number of hydrogen-bond acceptors (Lipinski definition) is 8.